The van der Waals surface area contributed by atoms with Crippen LogP contribution in [-0.2, 0) is 20.0 Å². The average Bonchev–Trinajstić information content (AvgIpc) is 2.94. The average molecular weight is 303 g/mol. The number of benzene rings is 1. The number of nitrogens with zero attached hydrogens (tertiary/aromatic N) is 4. The third-order valence-electron chi connectivity index (χ3n) is 3.82. The second-order valence-corrected chi connectivity index (χ2v) is 5.79. The number of alkyl halides is 1. The molecule has 0 spiro atoms. The maximum atomic E-state index is 5.94. The van der Waals surface area contributed by atoms with Gasteiger partial charge in [-0.3, -0.25) is 4.68 Å². The highest BCUT2D eigenvalue weighted by Gasteiger charge is 2.14. The standard InChI is InChI=1S/C16H19ClN4/c1-11-5-4-6-14-16(11)18-15(7-8-17)21(14)10-13-9-20(3)19-12(13)2/h4-6,9H,7-8,10H2,1-3H3. The summed E-state index contributed by atoms with van der Waals surface area (Å²) in [5, 5.41) is 4.42. The van der Waals surface area contributed by atoms with Crippen LogP contribution in [0.1, 0.15) is 22.6 Å². The lowest BCUT2D eigenvalue weighted by molar-refractivity contribution is 0.747. The topological polar surface area (TPSA) is 35.6 Å². The lowest BCUT2D eigenvalue weighted by Crippen LogP contribution is -2.06. The van der Waals surface area contributed by atoms with Crippen LogP contribution in [0.25, 0.3) is 11.0 Å². The monoisotopic (exact) mass is 302 g/mol. The Morgan fingerprint density at radius 2 is 2.05 bits per heavy atom. The largest absolute Gasteiger partial charge is 0.323 e. The minimum atomic E-state index is 0.578. The number of fused-ring (bicyclic) bond motifs is 1. The van der Waals surface area contributed by atoms with E-state index in [0.29, 0.717) is 5.88 Å². The van der Waals surface area contributed by atoms with Crippen LogP contribution >= 0.6 is 11.6 Å². The van der Waals surface area contributed by atoms with Crippen molar-refractivity contribution >= 4 is 22.6 Å². The predicted octanol–water partition coefficient (Wildman–Crippen LogP) is 3.22. The number of imidazole rings is 1. The minimum Gasteiger partial charge on any atom is -0.323 e. The van der Waals surface area contributed by atoms with Crippen molar-refractivity contribution in [1.82, 2.24) is 19.3 Å². The number of hydrogen-bond donors (Lipinski definition) is 0. The fourth-order valence-electron chi connectivity index (χ4n) is 2.76. The smallest absolute Gasteiger partial charge is 0.111 e. The Hall–Kier alpha value is -1.81. The van der Waals surface area contributed by atoms with E-state index in [1.165, 1.54) is 16.6 Å². The summed E-state index contributed by atoms with van der Waals surface area (Å²) in [5.41, 5.74) is 5.71. The van der Waals surface area contributed by atoms with E-state index in [2.05, 4.69) is 41.0 Å². The highest BCUT2D eigenvalue weighted by Crippen LogP contribution is 2.22. The van der Waals surface area contributed by atoms with Gasteiger partial charge in [-0.2, -0.15) is 5.10 Å². The second-order valence-electron chi connectivity index (χ2n) is 5.41. The zero-order valence-corrected chi connectivity index (χ0v) is 13.4. The van der Waals surface area contributed by atoms with Gasteiger partial charge in [0.2, 0.25) is 0 Å². The molecule has 5 heteroatoms. The molecule has 0 bridgehead atoms. The van der Waals surface area contributed by atoms with Crippen LogP contribution in [0.3, 0.4) is 0 Å². The SMILES string of the molecule is Cc1nn(C)cc1Cn1c(CCCl)nc2c(C)cccc21. The van der Waals surface area contributed by atoms with E-state index in [0.717, 1.165) is 30.0 Å². The van der Waals surface area contributed by atoms with E-state index in [-0.39, 0.29) is 0 Å². The molecule has 0 saturated carbocycles. The highest BCUT2D eigenvalue weighted by molar-refractivity contribution is 6.17. The molecule has 0 atom stereocenters. The van der Waals surface area contributed by atoms with Gasteiger partial charge in [0.05, 0.1) is 23.3 Å². The Balaban J connectivity index is 2.13. The van der Waals surface area contributed by atoms with Crippen LogP contribution in [0.4, 0.5) is 0 Å². The van der Waals surface area contributed by atoms with Crippen molar-refractivity contribution in [3.05, 3.63) is 47.0 Å². The van der Waals surface area contributed by atoms with Crippen molar-refractivity contribution in [2.75, 3.05) is 5.88 Å². The third kappa shape index (κ3) is 2.56. The molecule has 0 radical (unpaired) electrons. The first-order valence-electron chi connectivity index (χ1n) is 7.10. The van der Waals surface area contributed by atoms with E-state index in [1.54, 1.807) is 0 Å². The molecule has 3 rings (SSSR count). The van der Waals surface area contributed by atoms with E-state index < -0.39 is 0 Å². The summed E-state index contributed by atoms with van der Waals surface area (Å²) in [5.74, 6) is 1.62. The quantitative estimate of drug-likeness (QED) is 0.694. The van der Waals surface area contributed by atoms with E-state index >= 15 is 0 Å². The second kappa shape index (κ2) is 5.53. The predicted molar refractivity (Wildman–Crippen MR) is 85.9 cm³/mol. The summed E-state index contributed by atoms with van der Waals surface area (Å²) in [7, 11) is 1.95. The molecular formula is C16H19ClN4. The summed E-state index contributed by atoms with van der Waals surface area (Å²) in [6.07, 6.45) is 2.84. The number of rotatable bonds is 4. The highest BCUT2D eigenvalue weighted by atomic mass is 35.5. The van der Waals surface area contributed by atoms with Gasteiger partial charge >= 0.3 is 0 Å². The van der Waals surface area contributed by atoms with Gasteiger partial charge in [0, 0.05) is 31.1 Å². The van der Waals surface area contributed by atoms with Crippen molar-refractivity contribution in [2.45, 2.75) is 26.8 Å². The molecule has 0 aliphatic carbocycles. The molecule has 110 valence electrons. The molecule has 0 saturated heterocycles. The van der Waals surface area contributed by atoms with Crippen LogP contribution in [0.2, 0.25) is 0 Å². The van der Waals surface area contributed by atoms with Crippen molar-refractivity contribution in [3.8, 4) is 0 Å². The van der Waals surface area contributed by atoms with E-state index in [1.807, 2.05) is 18.7 Å². The summed E-state index contributed by atoms with van der Waals surface area (Å²) >= 11 is 5.94. The first-order valence-corrected chi connectivity index (χ1v) is 7.63. The van der Waals surface area contributed by atoms with E-state index in [9.17, 15) is 0 Å². The number of aromatic nitrogens is 4. The van der Waals surface area contributed by atoms with Gasteiger partial charge < -0.3 is 4.57 Å². The lowest BCUT2D eigenvalue weighted by atomic mass is 10.2. The fraction of sp³-hybridized carbons (Fsp3) is 0.375. The summed E-state index contributed by atoms with van der Waals surface area (Å²) in [6.45, 7) is 4.92. The van der Waals surface area contributed by atoms with Crippen LogP contribution in [-0.4, -0.2) is 25.2 Å². The Morgan fingerprint density at radius 1 is 1.24 bits per heavy atom. The Morgan fingerprint density at radius 3 is 2.71 bits per heavy atom. The molecule has 0 amide bonds. The molecule has 3 aromatic rings. The van der Waals surface area contributed by atoms with Crippen LogP contribution in [0, 0.1) is 13.8 Å². The maximum absolute atomic E-state index is 5.94. The molecule has 1 aromatic carbocycles. The van der Waals surface area contributed by atoms with Gasteiger partial charge in [0.25, 0.3) is 0 Å². The number of aryl methyl sites for hydroxylation is 4. The molecule has 4 nitrogen and oxygen atoms in total. The normalized spacial score (nSPS) is 11.4. The zero-order chi connectivity index (χ0) is 15.0. The van der Waals surface area contributed by atoms with Gasteiger partial charge in [-0.15, -0.1) is 11.6 Å². The van der Waals surface area contributed by atoms with Gasteiger partial charge in [0.1, 0.15) is 5.82 Å². The molecule has 0 fully saturated rings. The molecule has 2 heterocycles. The molecule has 2 aromatic heterocycles. The molecular weight excluding hydrogens is 284 g/mol. The molecule has 0 aliphatic rings. The van der Waals surface area contributed by atoms with Gasteiger partial charge in [-0.25, -0.2) is 4.98 Å². The summed E-state index contributed by atoms with van der Waals surface area (Å²) in [6, 6.07) is 6.30. The summed E-state index contributed by atoms with van der Waals surface area (Å²) < 4.78 is 4.12. The fourth-order valence-corrected chi connectivity index (χ4v) is 2.93. The van der Waals surface area contributed by atoms with Crippen molar-refractivity contribution < 1.29 is 0 Å². The van der Waals surface area contributed by atoms with Crippen LogP contribution < -0.4 is 0 Å². The maximum Gasteiger partial charge on any atom is 0.111 e. The van der Waals surface area contributed by atoms with Crippen LogP contribution in [0.15, 0.2) is 24.4 Å². The third-order valence-corrected chi connectivity index (χ3v) is 4.01. The Kier molecular flexibility index (Phi) is 3.72. The Bertz CT molecular complexity index is 785. The molecule has 0 N–H and O–H groups in total. The first kappa shape index (κ1) is 14.1. The van der Waals surface area contributed by atoms with Crippen molar-refractivity contribution in [2.24, 2.45) is 7.05 Å². The number of para-hydroxylation sites is 1. The number of hydrogen-bond acceptors (Lipinski definition) is 2. The van der Waals surface area contributed by atoms with Gasteiger partial charge in [-0.05, 0) is 25.5 Å². The van der Waals surface area contributed by atoms with Gasteiger partial charge in [0.15, 0.2) is 0 Å². The first-order chi connectivity index (χ1) is 10.1. The lowest BCUT2D eigenvalue weighted by Gasteiger charge is -2.08. The van der Waals surface area contributed by atoms with Crippen LogP contribution in [0.5, 0.6) is 0 Å². The zero-order valence-electron chi connectivity index (χ0n) is 12.6. The van der Waals surface area contributed by atoms with Crippen molar-refractivity contribution in [3.63, 3.8) is 0 Å². The van der Waals surface area contributed by atoms with Crippen molar-refractivity contribution in [1.29, 1.82) is 0 Å². The minimum absolute atomic E-state index is 0.578. The Labute approximate surface area is 129 Å². The molecule has 21 heavy (non-hydrogen) atoms. The molecule has 0 unspecified atom stereocenters. The van der Waals surface area contributed by atoms with E-state index in [4.69, 9.17) is 16.6 Å². The number of halogens is 1. The van der Waals surface area contributed by atoms with Gasteiger partial charge in [-0.1, -0.05) is 12.1 Å². The summed E-state index contributed by atoms with van der Waals surface area (Å²) in [4.78, 5) is 4.79. The molecule has 0 aliphatic heterocycles.